The van der Waals surface area contributed by atoms with Crippen molar-refractivity contribution in [3.8, 4) is 0 Å². The summed E-state index contributed by atoms with van der Waals surface area (Å²) in [6.45, 7) is 2.17. The monoisotopic (exact) mass is 417 g/mol. The van der Waals surface area contributed by atoms with Crippen molar-refractivity contribution in [2.24, 2.45) is 11.0 Å². The van der Waals surface area contributed by atoms with Gasteiger partial charge in [0.15, 0.2) is 0 Å². The largest absolute Gasteiger partial charge is 0.324 e. The molecule has 152 valence electrons. The second-order valence-electron chi connectivity index (χ2n) is 6.64. The number of nitro benzene ring substituents is 1. The van der Waals surface area contributed by atoms with Crippen LogP contribution in [0.5, 0.6) is 0 Å². The molecule has 0 spiro atoms. The molecule has 2 heterocycles. The van der Waals surface area contributed by atoms with Crippen molar-refractivity contribution in [2.75, 3.05) is 13.1 Å². The lowest BCUT2D eigenvalue weighted by Gasteiger charge is -2.30. The molecule has 2 aromatic rings. The van der Waals surface area contributed by atoms with Crippen LogP contribution < -0.4 is 5.43 Å². The molecule has 0 radical (unpaired) electrons. The Balaban J connectivity index is 1.43. The molecular weight excluding hydrogens is 398 g/mol. The maximum atomic E-state index is 12.3. The van der Waals surface area contributed by atoms with Gasteiger partial charge in [0.2, 0.25) is 5.91 Å². The highest BCUT2D eigenvalue weighted by Crippen LogP contribution is 2.23. The molecule has 11 heteroatoms. The number of non-ortho nitro benzene ring substituents is 1. The highest BCUT2D eigenvalue weighted by Gasteiger charge is 2.25. The van der Waals surface area contributed by atoms with E-state index in [-0.39, 0.29) is 22.5 Å². The van der Waals surface area contributed by atoms with Crippen molar-refractivity contribution < 1.29 is 14.6 Å². The number of rotatable bonds is 7. The first-order chi connectivity index (χ1) is 13.9. The number of amides is 1. The molecule has 0 atom stereocenters. The first-order valence-electron chi connectivity index (χ1n) is 8.95. The summed E-state index contributed by atoms with van der Waals surface area (Å²) in [5, 5.41) is 25.3. The molecule has 0 unspecified atom stereocenters. The molecule has 1 aliphatic rings. The number of likely N-dealkylation sites (tertiary alicyclic amines) is 1. The van der Waals surface area contributed by atoms with Crippen molar-refractivity contribution in [3.05, 3.63) is 67.1 Å². The summed E-state index contributed by atoms with van der Waals surface area (Å²) in [5.41, 5.74) is 3.57. The Kier molecular flexibility index (Phi) is 6.62. The van der Waals surface area contributed by atoms with Gasteiger partial charge in [0.25, 0.3) is 5.69 Å². The van der Waals surface area contributed by atoms with Crippen molar-refractivity contribution >= 4 is 34.1 Å². The first kappa shape index (κ1) is 20.6. The quantitative estimate of drug-likeness (QED) is 0.419. The fourth-order valence-electron chi connectivity index (χ4n) is 3.10. The molecule has 1 N–H and O–H groups in total. The number of benzene rings is 1. The molecule has 3 rings (SSSR count). The fourth-order valence-corrected chi connectivity index (χ4v) is 3.79. The van der Waals surface area contributed by atoms with Crippen LogP contribution in [0.4, 0.5) is 10.7 Å². The number of nitrogens with one attached hydrogen (secondary N) is 1. The highest BCUT2D eigenvalue weighted by atomic mass is 32.1. The number of hydrogen-bond acceptors (Lipinski definition) is 8. The number of carbonyl (C=O) groups is 1. The molecule has 1 aromatic heterocycles. The number of nitrogens with zero attached hydrogens (tertiary/aromatic N) is 4. The zero-order valence-electron chi connectivity index (χ0n) is 15.4. The highest BCUT2D eigenvalue weighted by molar-refractivity contribution is 7.16. The minimum Gasteiger partial charge on any atom is -0.299 e. The maximum Gasteiger partial charge on any atom is 0.324 e. The lowest BCUT2D eigenvalue weighted by atomic mass is 9.96. The van der Waals surface area contributed by atoms with Gasteiger partial charge in [-0.2, -0.15) is 5.10 Å². The van der Waals surface area contributed by atoms with Gasteiger partial charge < -0.3 is 0 Å². The summed E-state index contributed by atoms with van der Waals surface area (Å²) in [6, 6.07) is 9.47. The maximum absolute atomic E-state index is 12.3. The predicted octanol–water partition coefficient (Wildman–Crippen LogP) is 2.93. The van der Waals surface area contributed by atoms with E-state index in [0.717, 1.165) is 30.0 Å². The fraction of sp³-hybridized carbons (Fsp3) is 0.333. The Morgan fingerprint density at radius 1 is 1.14 bits per heavy atom. The Hall–Kier alpha value is -3.18. The van der Waals surface area contributed by atoms with E-state index in [0.29, 0.717) is 24.3 Å². The molecule has 1 saturated heterocycles. The molecule has 0 bridgehead atoms. The minimum absolute atomic E-state index is 0.0261. The number of hydrogen-bond donors (Lipinski definition) is 1. The summed E-state index contributed by atoms with van der Waals surface area (Å²) in [7, 11) is 0. The van der Waals surface area contributed by atoms with Gasteiger partial charge in [0.05, 0.1) is 20.9 Å². The third kappa shape index (κ3) is 5.65. The molecule has 0 saturated carbocycles. The summed E-state index contributed by atoms with van der Waals surface area (Å²) < 4.78 is 0. The molecule has 1 aliphatic heterocycles. The molecule has 29 heavy (non-hydrogen) atoms. The van der Waals surface area contributed by atoms with Crippen LogP contribution in [0, 0.1) is 26.1 Å². The Morgan fingerprint density at radius 2 is 1.83 bits per heavy atom. The predicted molar refractivity (Wildman–Crippen MR) is 108 cm³/mol. The number of carbonyl (C=O) groups excluding carboxylic acids is 1. The summed E-state index contributed by atoms with van der Waals surface area (Å²) >= 11 is 0.988. The van der Waals surface area contributed by atoms with Crippen LogP contribution >= 0.6 is 11.3 Å². The van der Waals surface area contributed by atoms with Gasteiger partial charge in [-0.25, -0.2) is 5.43 Å². The number of piperidine rings is 1. The van der Waals surface area contributed by atoms with Gasteiger partial charge in [-0.1, -0.05) is 23.5 Å². The average Bonchev–Trinajstić information content (AvgIpc) is 3.18. The van der Waals surface area contributed by atoms with Crippen LogP contribution in [0.2, 0.25) is 0 Å². The minimum atomic E-state index is -0.467. The van der Waals surface area contributed by atoms with E-state index in [4.69, 9.17) is 0 Å². The van der Waals surface area contributed by atoms with Gasteiger partial charge in [-0.05, 0) is 37.6 Å². The first-order valence-corrected chi connectivity index (χ1v) is 9.77. The van der Waals surface area contributed by atoms with Crippen LogP contribution in [0.15, 0.2) is 41.5 Å². The van der Waals surface area contributed by atoms with Crippen LogP contribution in [0.3, 0.4) is 0 Å². The Morgan fingerprint density at radius 3 is 2.41 bits per heavy atom. The third-order valence-electron chi connectivity index (χ3n) is 4.67. The summed E-state index contributed by atoms with van der Waals surface area (Å²) in [5.74, 6) is -0.305. The lowest BCUT2D eigenvalue weighted by molar-refractivity contribution is -0.384. The van der Waals surface area contributed by atoms with Gasteiger partial charge in [-0.15, -0.1) is 0 Å². The summed E-state index contributed by atoms with van der Waals surface area (Å²) in [6.07, 6.45) is 2.79. The van der Waals surface area contributed by atoms with E-state index in [1.807, 2.05) is 0 Å². The zero-order chi connectivity index (χ0) is 20.8. The van der Waals surface area contributed by atoms with Crippen LogP contribution in [0.25, 0.3) is 0 Å². The second-order valence-corrected chi connectivity index (χ2v) is 7.74. The number of nitro groups is 2. The van der Waals surface area contributed by atoms with Gasteiger partial charge >= 0.3 is 5.00 Å². The smallest absolute Gasteiger partial charge is 0.299 e. The van der Waals surface area contributed by atoms with Crippen molar-refractivity contribution in [2.45, 2.75) is 19.4 Å². The van der Waals surface area contributed by atoms with E-state index < -0.39 is 9.85 Å². The van der Waals surface area contributed by atoms with Crippen LogP contribution in [-0.4, -0.2) is 40.0 Å². The third-order valence-corrected chi connectivity index (χ3v) is 5.64. The molecule has 0 aliphatic carbocycles. The number of hydrazone groups is 1. The second kappa shape index (κ2) is 9.34. The van der Waals surface area contributed by atoms with E-state index in [9.17, 15) is 25.0 Å². The molecule has 10 nitrogen and oxygen atoms in total. The Bertz CT molecular complexity index is 919. The number of thiophene rings is 1. The van der Waals surface area contributed by atoms with E-state index >= 15 is 0 Å². The molecule has 1 aromatic carbocycles. The zero-order valence-corrected chi connectivity index (χ0v) is 16.2. The normalized spacial score (nSPS) is 15.4. The van der Waals surface area contributed by atoms with E-state index in [1.54, 1.807) is 18.2 Å². The Labute approximate surface area is 170 Å². The molecule has 1 amide bonds. The van der Waals surface area contributed by atoms with Crippen LogP contribution in [-0.2, 0) is 11.3 Å². The standard InChI is InChI=1S/C18H19N5O5S/c24-18(20-19-11-16-5-6-17(29-16)23(27)28)14-7-9-21(10-8-14)12-13-1-3-15(4-2-13)22(25)26/h1-6,11,14H,7-10,12H2,(H,20,24). The average molecular weight is 417 g/mol. The lowest BCUT2D eigenvalue weighted by Crippen LogP contribution is -2.39. The van der Waals surface area contributed by atoms with E-state index in [2.05, 4.69) is 15.4 Å². The van der Waals surface area contributed by atoms with Gasteiger partial charge in [0.1, 0.15) is 0 Å². The van der Waals surface area contributed by atoms with Crippen molar-refractivity contribution in [1.29, 1.82) is 0 Å². The summed E-state index contributed by atoms with van der Waals surface area (Å²) in [4.78, 5) is 35.5. The van der Waals surface area contributed by atoms with Crippen molar-refractivity contribution in [1.82, 2.24) is 10.3 Å². The van der Waals surface area contributed by atoms with Crippen LogP contribution in [0.1, 0.15) is 23.3 Å². The van der Waals surface area contributed by atoms with Crippen molar-refractivity contribution in [3.63, 3.8) is 0 Å². The van der Waals surface area contributed by atoms with Gasteiger partial charge in [0, 0.05) is 30.7 Å². The molecule has 1 fully saturated rings. The SMILES string of the molecule is O=C(NN=Cc1ccc([N+](=O)[O-])s1)C1CCN(Cc2ccc([N+](=O)[O-])cc2)CC1. The van der Waals surface area contributed by atoms with Gasteiger partial charge in [-0.3, -0.25) is 29.9 Å². The topological polar surface area (TPSA) is 131 Å². The van der Waals surface area contributed by atoms with E-state index in [1.165, 1.54) is 24.4 Å². The molecular formula is C18H19N5O5S.